The first kappa shape index (κ1) is 14.8. The highest BCUT2D eigenvalue weighted by atomic mass is 32.2. The quantitative estimate of drug-likeness (QED) is 0.941. The van der Waals surface area contributed by atoms with Gasteiger partial charge in [-0.2, -0.15) is 5.26 Å². The zero-order chi connectivity index (χ0) is 16.0. The van der Waals surface area contributed by atoms with E-state index in [-0.39, 0.29) is 4.90 Å². The summed E-state index contributed by atoms with van der Waals surface area (Å²) in [5.41, 5.74) is 6.47. The highest BCUT2D eigenvalue weighted by Gasteiger charge is 2.70. The number of rotatable bonds is 3. The molecule has 0 saturated heterocycles. The molecule has 0 bridgehead atoms. The summed E-state index contributed by atoms with van der Waals surface area (Å²) < 4.78 is 25.7. The van der Waals surface area contributed by atoms with E-state index < -0.39 is 26.5 Å². The number of nitriles is 1. The molecule has 1 fully saturated rings. The van der Waals surface area contributed by atoms with Crippen LogP contribution in [0.3, 0.4) is 0 Å². The van der Waals surface area contributed by atoms with Crippen LogP contribution < -0.4 is 5.73 Å². The van der Waals surface area contributed by atoms with E-state index in [1.54, 1.807) is 24.3 Å². The predicted octanol–water partition coefficient (Wildman–Crippen LogP) is 2.16. The first-order valence-electron chi connectivity index (χ1n) is 6.97. The van der Waals surface area contributed by atoms with Gasteiger partial charge in [-0.1, -0.05) is 48.0 Å². The fourth-order valence-electron chi connectivity index (χ4n) is 2.93. The first-order valence-corrected chi connectivity index (χ1v) is 8.51. The molecule has 0 unspecified atom stereocenters. The van der Waals surface area contributed by atoms with E-state index in [2.05, 4.69) is 0 Å². The van der Waals surface area contributed by atoms with Crippen LogP contribution in [-0.2, 0) is 9.84 Å². The van der Waals surface area contributed by atoms with Crippen LogP contribution in [0, 0.1) is 18.3 Å². The lowest BCUT2D eigenvalue weighted by Crippen LogP contribution is -2.29. The SMILES string of the molecule is Cc1ccc(S(=O)(=O)[C@@H]2[C@@H](c3ccccc3)[C@]2(N)C#N)cc1. The Balaban J connectivity index is 2.04. The average molecular weight is 312 g/mol. The summed E-state index contributed by atoms with van der Waals surface area (Å²) in [7, 11) is -3.65. The Hall–Kier alpha value is -2.16. The van der Waals surface area contributed by atoms with Crippen LogP contribution in [0.4, 0.5) is 0 Å². The number of aryl methyl sites for hydroxylation is 1. The van der Waals surface area contributed by atoms with Gasteiger partial charge in [0, 0.05) is 5.92 Å². The molecule has 5 heteroatoms. The summed E-state index contributed by atoms with van der Waals surface area (Å²) in [4.78, 5) is 0.214. The maximum atomic E-state index is 12.8. The second-order valence-corrected chi connectivity index (χ2v) is 7.78. The van der Waals surface area contributed by atoms with Gasteiger partial charge in [0.25, 0.3) is 0 Å². The molecule has 1 aliphatic carbocycles. The van der Waals surface area contributed by atoms with Gasteiger partial charge in [0.15, 0.2) is 9.84 Å². The summed E-state index contributed by atoms with van der Waals surface area (Å²) in [5, 5.41) is 8.48. The van der Waals surface area contributed by atoms with Gasteiger partial charge in [0.2, 0.25) is 0 Å². The van der Waals surface area contributed by atoms with Crippen LogP contribution in [0.1, 0.15) is 17.0 Å². The van der Waals surface area contributed by atoms with Gasteiger partial charge in [-0.15, -0.1) is 0 Å². The Labute approximate surface area is 130 Å². The summed E-state index contributed by atoms with van der Waals surface area (Å²) in [6, 6.07) is 17.8. The Kier molecular flexibility index (Phi) is 3.32. The molecule has 2 N–H and O–H groups in total. The van der Waals surface area contributed by atoms with Crippen molar-refractivity contribution < 1.29 is 8.42 Å². The standard InChI is InChI=1S/C17H16N2O2S/c1-12-7-9-14(10-8-12)22(20,21)16-15(17(16,19)11-18)13-5-3-2-4-6-13/h2-10,15-16H,19H2,1H3/t15-,16-,17-/m1/s1. The van der Waals surface area contributed by atoms with Crippen molar-refractivity contribution in [2.45, 2.75) is 28.5 Å². The van der Waals surface area contributed by atoms with Crippen LogP contribution in [0.15, 0.2) is 59.5 Å². The van der Waals surface area contributed by atoms with Gasteiger partial charge in [-0.3, -0.25) is 0 Å². The molecule has 0 aliphatic heterocycles. The molecule has 22 heavy (non-hydrogen) atoms. The molecular formula is C17H16N2O2S. The summed E-state index contributed by atoms with van der Waals surface area (Å²) in [6.45, 7) is 1.89. The molecule has 2 aromatic rings. The summed E-state index contributed by atoms with van der Waals surface area (Å²) in [6.07, 6.45) is 0. The molecule has 0 radical (unpaired) electrons. The molecule has 3 rings (SSSR count). The van der Waals surface area contributed by atoms with E-state index in [0.29, 0.717) is 0 Å². The zero-order valence-electron chi connectivity index (χ0n) is 12.1. The number of nitrogens with zero attached hydrogens (tertiary/aromatic N) is 1. The number of hydrogen-bond donors (Lipinski definition) is 1. The first-order chi connectivity index (χ1) is 10.4. The number of benzene rings is 2. The third kappa shape index (κ3) is 2.12. The lowest BCUT2D eigenvalue weighted by atomic mass is 10.1. The van der Waals surface area contributed by atoms with Crippen LogP contribution in [0.5, 0.6) is 0 Å². The molecule has 112 valence electrons. The van der Waals surface area contributed by atoms with E-state index in [9.17, 15) is 13.7 Å². The summed E-state index contributed by atoms with van der Waals surface area (Å²) >= 11 is 0. The molecule has 4 nitrogen and oxygen atoms in total. The van der Waals surface area contributed by atoms with Crippen LogP contribution in [0.2, 0.25) is 0 Å². The average Bonchev–Trinajstić information content (AvgIpc) is 3.16. The number of nitrogens with two attached hydrogens (primary N) is 1. The third-order valence-electron chi connectivity index (χ3n) is 4.22. The Bertz CT molecular complexity index is 838. The van der Waals surface area contributed by atoms with Crippen molar-refractivity contribution in [1.29, 1.82) is 5.26 Å². The topological polar surface area (TPSA) is 83.9 Å². The van der Waals surface area contributed by atoms with Crippen molar-refractivity contribution >= 4 is 9.84 Å². The van der Waals surface area contributed by atoms with Crippen molar-refractivity contribution in [3.63, 3.8) is 0 Å². The smallest absolute Gasteiger partial charge is 0.184 e. The second-order valence-electron chi connectivity index (χ2n) is 5.71. The third-order valence-corrected chi connectivity index (χ3v) is 6.48. The molecule has 0 spiro atoms. The molecule has 2 aromatic carbocycles. The van der Waals surface area contributed by atoms with E-state index in [4.69, 9.17) is 5.73 Å². The lowest BCUT2D eigenvalue weighted by molar-refractivity contribution is 0.592. The molecular weight excluding hydrogens is 296 g/mol. The minimum absolute atomic E-state index is 0.214. The molecule has 0 aromatic heterocycles. The van der Waals surface area contributed by atoms with Crippen molar-refractivity contribution in [2.75, 3.05) is 0 Å². The van der Waals surface area contributed by atoms with Crippen molar-refractivity contribution in [3.05, 3.63) is 65.7 Å². The van der Waals surface area contributed by atoms with Gasteiger partial charge in [-0.25, -0.2) is 8.42 Å². The van der Waals surface area contributed by atoms with Crippen LogP contribution in [0.25, 0.3) is 0 Å². The van der Waals surface area contributed by atoms with Gasteiger partial charge in [-0.05, 0) is 24.6 Å². The molecule has 0 amide bonds. The van der Waals surface area contributed by atoms with Gasteiger partial charge in [0.1, 0.15) is 10.8 Å². The zero-order valence-corrected chi connectivity index (χ0v) is 12.9. The van der Waals surface area contributed by atoms with E-state index >= 15 is 0 Å². The largest absolute Gasteiger partial charge is 0.312 e. The molecule has 3 atom stereocenters. The van der Waals surface area contributed by atoms with Crippen molar-refractivity contribution in [1.82, 2.24) is 0 Å². The maximum absolute atomic E-state index is 12.8. The molecule has 0 heterocycles. The predicted molar refractivity (Wildman–Crippen MR) is 83.9 cm³/mol. The second kappa shape index (κ2) is 4.94. The Morgan fingerprint density at radius 3 is 2.23 bits per heavy atom. The van der Waals surface area contributed by atoms with Gasteiger partial charge in [0.05, 0.1) is 11.0 Å². The maximum Gasteiger partial charge on any atom is 0.184 e. The van der Waals surface area contributed by atoms with E-state index in [1.807, 2.05) is 43.3 Å². The van der Waals surface area contributed by atoms with Crippen LogP contribution in [-0.4, -0.2) is 19.2 Å². The number of hydrogen-bond acceptors (Lipinski definition) is 4. The number of sulfone groups is 1. The molecule has 1 saturated carbocycles. The fourth-order valence-corrected chi connectivity index (χ4v) is 5.11. The van der Waals surface area contributed by atoms with Crippen molar-refractivity contribution in [2.24, 2.45) is 5.73 Å². The van der Waals surface area contributed by atoms with Crippen LogP contribution >= 0.6 is 0 Å². The summed E-state index contributed by atoms with van der Waals surface area (Å²) in [5.74, 6) is -0.495. The van der Waals surface area contributed by atoms with Gasteiger partial charge >= 0.3 is 0 Å². The van der Waals surface area contributed by atoms with E-state index in [0.717, 1.165) is 11.1 Å². The minimum Gasteiger partial charge on any atom is -0.312 e. The van der Waals surface area contributed by atoms with Gasteiger partial charge < -0.3 is 5.73 Å². The lowest BCUT2D eigenvalue weighted by Gasteiger charge is -2.05. The monoisotopic (exact) mass is 312 g/mol. The fraction of sp³-hybridized carbons (Fsp3) is 0.235. The normalized spacial score (nSPS) is 27.1. The highest BCUT2D eigenvalue weighted by molar-refractivity contribution is 7.92. The Morgan fingerprint density at radius 1 is 1.09 bits per heavy atom. The highest BCUT2D eigenvalue weighted by Crippen LogP contribution is 2.55. The van der Waals surface area contributed by atoms with Crippen molar-refractivity contribution in [3.8, 4) is 6.07 Å². The Morgan fingerprint density at radius 2 is 1.68 bits per heavy atom. The minimum atomic E-state index is -3.65. The molecule has 1 aliphatic rings. The van der Waals surface area contributed by atoms with E-state index in [1.165, 1.54) is 0 Å².